The first-order valence-corrected chi connectivity index (χ1v) is 12.7. The number of pyridine rings is 1. The Morgan fingerprint density at radius 2 is 1.88 bits per heavy atom. The highest BCUT2D eigenvalue weighted by molar-refractivity contribution is 7.91. The second kappa shape index (κ2) is 8.71. The second-order valence-electron chi connectivity index (χ2n) is 8.68. The molecule has 0 bridgehead atoms. The first-order chi connectivity index (χ1) is 15.3. The summed E-state index contributed by atoms with van der Waals surface area (Å²) < 4.78 is 26.6. The van der Waals surface area contributed by atoms with Gasteiger partial charge in [-0.3, -0.25) is 9.59 Å². The zero-order chi connectivity index (χ0) is 22.9. The van der Waals surface area contributed by atoms with Gasteiger partial charge in [-0.1, -0.05) is 0 Å². The number of nitrogens with one attached hydrogen (secondary N) is 1. The van der Waals surface area contributed by atoms with Crippen molar-refractivity contribution in [3.8, 4) is 0 Å². The third-order valence-corrected chi connectivity index (χ3v) is 8.36. The molecule has 2 fully saturated rings. The predicted molar refractivity (Wildman–Crippen MR) is 123 cm³/mol. The van der Waals surface area contributed by atoms with Gasteiger partial charge >= 0.3 is 0 Å². The second-order valence-corrected chi connectivity index (χ2v) is 10.8. The molecule has 1 aromatic heterocycles. The summed E-state index contributed by atoms with van der Waals surface area (Å²) in [5.74, 6) is -0.828. The van der Waals surface area contributed by atoms with Gasteiger partial charge in [0.1, 0.15) is 5.69 Å². The number of aryl methyl sites for hydroxylation is 1. The smallest absolute Gasteiger partial charge is 0.274 e. The fraction of sp³-hybridized carbons (Fsp3) is 0.478. The van der Waals surface area contributed by atoms with E-state index in [1.54, 1.807) is 18.3 Å². The number of benzene rings is 1. The number of carbonyl (C=O) groups excluding carboxylic acids is 1. The highest BCUT2D eigenvalue weighted by atomic mass is 32.2. The van der Waals surface area contributed by atoms with Crippen molar-refractivity contribution in [1.82, 2.24) is 4.57 Å². The minimum Gasteiger partial charge on any atom is -0.395 e. The molecule has 1 aliphatic carbocycles. The van der Waals surface area contributed by atoms with E-state index < -0.39 is 22.4 Å². The summed E-state index contributed by atoms with van der Waals surface area (Å²) >= 11 is 0. The third kappa shape index (κ3) is 4.45. The third-order valence-electron chi connectivity index (χ3n) is 6.66. The molecule has 8 nitrogen and oxygen atoms in total. The summed E-state index contributed by atoms with van der Waals surface area (Å²) in [6, 6.07) is 7.68. The Morgan fingerprint density at radius 3 is 2.50 bits per heavy atom. The zero-order valence-electron chi connectivity index (χ0n) is 18.2. The van der Waals surface area contributed by atoms with E-state index in [9.17, 15) is 18.0 Å². The molecule has 1 aliphatic heterocycles. The van der Waals surface area contributed by atoms with Gasteiger partial charge in [0.05, 0.1) is 28.5 Å². The summed E-state index contributed by atoms with van der Waals surface area (Å²) in [6.07, 6.45) is 6.16. The van der Waals surface area contributed by atoms with Crippen LogP contribution in [0.3, 0.4) is 0 Å². The Bertz CT molecular complexity index is 1170. The lowest BCUT2D eigenvalue weighted by molar-refractivity contribution is 0.102. The molecule has 0 unspecified atom stereocenters. The average Bonchev–Trinajstić information content (AvgIpc) is 3.54. The molecule has 1 saturated heterocycles. The molecule has 1 saturated carbocycles. The number of piperidine rings is 1. The van der Waals surface area contributed by atoms with Crippen LogP contribution in [0.1, 0.15) is 43.0 Å². The normalized spacial score (nSPS) is 17.4. The number of amides is 1. The summed E-state index contributed by atoms with van der Waals surface area (Å²) in [5, 5.41) is 11.8. The molecule has 172 valence electrons. The van der Waals surface area contributed by atoms with Gasteiger partial charge in [-0.05, 0) is 68.4 Å². The van der Waals surface area contributed by atoms with Crippen molar-refractivity contribution in [2.75, 3.05) is 35.7 Å². The number of sulfone groups is 1. The summed E-state index contributed by atoms with van der Waals surface area (Å²) in [7, 11) is -3.66. The molecule has 2 aliphatic rings. The fourth-order valence-corrected chi connectivity index (χ4v) is 5.41. The van der Waals surface area contributed by atoms with Gasteiger partial charge in [0, 0.05) is 25.8 Å². The van der Waals surface area contributed by atoms with Crippen molar-refractivity contribution >= 4 is 27.1 Å². The van der Waals surface area contributed by atoms with Crippen LogP contribution in [0.5, 0.6) is 0 Å². The maximum Gasteiger partial charge on any atom is 0.274 e. The highest BCUT2D eigenvalue weighted by Crippen LogP contribution is 2.54. The maximum atomic E-state index is 13.2. The van der Waals surface area contributed by atoms with E-state index in [0.717, 1.165) is 25.9 Å². The molecule has 2 aromatic rings. The number of hydrogen-bond acceptors (Lipinski definition) is 6. The van der Waals surface area contributed by atoms with E-state index in [4.69, 9.17) is 5.11 Å². The number of aliphatic hydroxyl groups is 1. The molecule has 4 rings (SSSR count). The number of aromatic nitrogens is 1. The van der Waals surface area contributed by atoms with Gasteiger partial charge in [-0.15, -0.1) is 0 Å². The van der Waals surface area contributed by atoms with Crippen LogP contribution in [-0.2, 0) is 16.4 Å². The van der Waals surface area contributed by atoms with E-state index in [2.05, 4.69) is 10.2 Å². The van der Waals surface area contributed by atoms with Gasteiger partial charge in [0.25, 0.3) is 11.5 Å². The van der Waals surface area contributed by atoms with Crippen LogP contribution in [0, 0.1) is 5.41 Å². The average molecular weight is 460 g/mol. The van der Waals surface area contributed by atoms with Gasteiger partial charge < -0.3 is 19.9 Å². The molecule has 1 amide bonds. The van der Waals surface area contributed by atoms with E-state index in [1.807, 2.05) is 6.92 Å². The van der Waals surface area contributed by atoms with Gasteiger partial charge in [0.2, 0.25) is 0 Å². The summed E-state index contributed by atoms with van der Waals surface area (Å²) in [4.78, 5) is 27.8. The number of hydrogen-bond donors (Lipinski definition) is 2. The minimum absolute atomic E-state index is 0.0814. The topological polar surface area (TPSA) is 109 Å². The lowest BCUT2D eigenvalue weighted by Gasteiger charge is -2.35. The molecule has 1 spiro atoms. The minimum atomic E-state index is -3.66. The molecular weight excluding hydrogens is 430 g/mol. The lowest BCUT2D eigenvalue weighted by atomic mass is 9.93. The van der Waals surface area contributed by atoms with Crippen LogP contribution < -0.4 is 15.8 Å². The Kier molecular flexibility index (Phi) is 6.13. The molecule has 1 aromatic carbocycles. The van der Waals surface area contributed by atoms with Gasteiger partial charge in [-0.2, -0.15) is 0 Å². The fourth-order valence-electron chi connectivity index (χ4n) is 4.37. The molecule has 32 heavy (non-hydrogen) atoms. The van der Waals surface area contributed by atoms with E-state index in [-0.39, 0.29) is 21.9 Å². The molecule has 9 heteroatoms. The standard InChI is InChI=1S/C23H29N3O5S/c1-2-25-11-3-4-19(22(25)29)24-21(28)18-6-5-17(32(30,31)15-14-27)16-20(18)26-12-9-23(7-8-23)10-13-26/h3-6,11,16,27H,2,7-10,12-15H2,1H3,(H,24,28). The number of anilines is 2. The van der Waals surface area contributed by atoms with Crippen molar-refractivity contribution in [2.24, 2.45) is 5.41 Å². The van der Waals surface area contributed by atoms with Crippen molar-refractivity contribution in [1.29, 1.82) is 0 Å². The monoisotopic (exact) mass is 459 g/mol. The SMILES string of the molecule is CCn1cccc(NC(=O)c2ccc(S(=O)(=O)CCO)cc2N2CCC3(CC2)CC3)c1=O. The van der Waals surface area contributed by atoms with Crippen LogP contribution >= 0.6 is 0 Å². The van der Waals surface area contributed by atoms with E-state index >= 15 is 0 Å². The van der Waals surface area contributed by atoms with Crippen LogP contribution in [-0.4, -0.2) is 49.4 Å². The van der Waals surface area contributed by atoms with Crippen LogP contribution in [0.15, 0.2) is 46.2 Å². The number of aliphatic hydroxyl groups excluding tert-OH is 1. The quantitative estimate of drug-likeness (QED) is 0.658. The van der Waals surface area contributed by atoms with E-state index in [1.165, 1.54) is 35.6 Å². The van der Waals surface area contributed by atoms with Gasteiger partial charge in [0.15, 0.2) is 9.84 Å². The predicted octanol–water partition coefficient (Wildman–Crippen LogP) is 2.27. The van der Waals surface area contributed by atoms with Crippen molar-refractivity contribution in [3.05, 3.63) is 52.4 Å². The molecule has 0 atom stereocenters. The molecular formula is C23H29N3O5S. The van der Waals surface area contributed by atoms with Crippen LogP contribution in [0.4, 0.5) is 11.4 Å². The van der Waals surface area contributed by atoms with Crippen molar-refractivity contribution in [2.45, 2.75) is 44.0 Å². The molecule has 2 N–H and O–H groups in total. The largest absolute Gasteiger partial charge is 0.395 e. The first-order valence-electron chi connectivity index (χ1n) is 11.0. The zero-order valence-corrected chi connectivity index (χ0v) is 19.0. The van der Waals surface area contributed by atoms with E-state index in [0.29, 0.717) is 23.2 Å². The van der Waals surface area contributed by atoms with Crippen molar-refractivity contribution in [3.63, 3.8) is 0 Å². The molecule has 2 heterocycles. The first kappa shape index (κ1) is 22.5. The number of nitrogens with zero attached hydrogens (tertiary/aromatic N) is 2. The Balaban J connectivity index is 1.68. The maximum absolute atomic E-state index is 13.2. The Morgan fingerprint density at radius 1 is 1.16 bits per heavy atom. The van der Waals surface area contributed by atoms with Crippen molar-refractivity contribution < 1.29 is 18.3 Å². The summed E-state index contributed by atoms with van der Waals surface area (Å²) in [5.41, 5.74) is 1.18. The highest BCUT2D eigenvalue weighted by Gasteiger charge is 2.44. The number of rotatable bonds is 7. The number of carbonyl (C=O) groups is 1. The Hall–Kier alpha value is -2.65. The van der Waals surface area contributed by atoms with Gasteiger partial charge in [-0.25, -0.2) is 8.42 Å². The van der Waals surface area contributed by atoms with Crippen LogP contribution in [0.2, 0.25) is 0 Å². The van der Waals surface area contributed by atoms with Crippen LogP contribution in [0.25, 0.3) is 0 Å². The molecule has 0 radical (unpaired) electrons. The Labute approximate surface area is 187 Å². The summed E-state index contributed by atoms with van der Waals surface area (Å²) in [6.45, 7) is 3.36. The lowest BCUT2D eigenvalue weighted by Crippen LogP contribution is -2.36.